The van der Waals surface area contributed by atoms with Crippen LogP contribution in [0.4, 0.5) is 0 Å². The van der Waals surface area contributed by atoms with Gasteiger partial charge >= 0.3 is 0 Å². The van der Waals surface area contributed by atoms with E-state index >= 15 is 0 Å². The van der Waals surface area contributed by atoms with Crippen LogP contribution in [0.5, 0.6) is 5.75 Å². The number of rotatable bonds is 2. The lowest BCUT2D eigenvalue weighted by molar-refractivity contribution is 0.414. The van der Waals surface area contributed by atoms with Crippen molar-refractivity contribution in [2.75, 3.05) is 7.11 Å². The molecule has 1 rings (SSSR count). The van der Waals surface area contributed by atoms with Crippen LogP contribution in [0.15, 0.2) is 17.2 Å². The van der Waals surface area contributed by atoms with Gasteiger partial charge in [0.25, 0.3) is 0 Å². The van der Waals surface area contributed by atoms with Gasteiger partial charge in [0.15, 0.2) is 0 Å². The molecule has 0 heterocycles. The van der Waals surface area contributed by atoms with E-state index in [0.29, 0.717) is 21.4 Å². The van der Waals surface area contributed by atoms with Gasteiger partial charge in [0, 0.05) is 10.6 Å². The summed E-state index contributed by atoms with van der Waals surface area (Å²) in [5.74, 6) is 5.53. The smallest absolute Gasteiger partial charge is 0.146 e. The first kappa shape index (κ1) is 10.2. The predicted molar refractivity (Wildman–Crippen MR) is 54.8 cm³/mol. The standard InChI is InChI=1S/C8H8Cl2N2O/c1-13-8-5(4-12-11)2-6(9)3-7(8)10/h2-4H,11H2,1H3/b12-4+. The Kier molecular flexibility index (Phi) is 3.39. The molecule has 2 N–H and O–H groups in total. The first-order valence-corrected chi connectivity index (χ1v) is 4.21. The summed E-state index contributed by atoms with van der Waals surface area (Å²) < 4.78 is 5.05. The molecule has 0 saturated heterocycles. The van der Waals surface area contributed by atoms with Crippen molar-refractivity contribution in [3.05, 3.63) is 27.7 Å². The molecule has 0 spiro atoms. The molecule has 13 heavy (non-hydrogen) atoms. The average molecular weight is 219 g/mol. The van der Waals surface area contributed by atoms with Crippen molar-refractivity contribution in [3.63, 3.8) is 0 Å². The van der Waals surface area contributed by atoms with Gasteiger partial charge in [-0.2, -0.15) is 5.10 Å². The summed E-state index contributed by atoms with van der Waals surface area (Å²) in [5, 5.41) is 4.32. The van der Waals surface area contributed by atoms with Crippen LogP contribution < -0.4 is 10.6 Å². The lowest BCUT2D eigenvalue weighted by Gasteiger charge is -2.06. The van der Waals surface area contributed by atoms with Crippen molar-refractivity contribution >= 4 is 29.4 Å². The van der Waals surface area contributed by atoms with Gasteiger partial charge in [-0.05, 0) is 12.1 Å². The Balaban J connectivity index is 3.29. The summed E-state index contributed by atoms with van der Waals surface area (Å²) in [5.41, 5.74) is 0.655. The van der Waals surface area contributed by atoms with Gasteiger partial charge in [-0.25, -0.2) is 0 Å². The molecule has 70 valence electrons. The molecule has 0 aromatic heterocycles. The minimum Gasteiger partial charge on any atom is -0.495 e. The molecule has 0 aliphatic rings. The number of halogens is 2. The number of benzene rings is 1. The Labute approximate surface area is 86.1 Å². The Morgan fingerprint density at radius 1 is 1.46 bits per heavy atom. The van der Waals surface area contributed by atoms with Crippen molar-refractivity contribution < 1.29 is 4.74 Å². The van der Waals surface area contributed by atoms with Crippen LogP contribution in [-0.4, -0.2) is 13.3 Å². The second-order valence-electron chi connectivity index (χ2n) is 2.29. The highest BCUT2D eigenvalue weighted by atomic mass is 35.5. The topological polar surface area (TPSA) is 47.6 Å². The zero-order chi connectivity index (χ0) is 9.84. The lowest BCUT2D eigenvalue weighted by Crippen LogP contribution is -1.93. The number of ether oxygens (including phenoxy) is 1. The van der Waals surface area contributed by atoms with Crippen LogP contribution in [0.1, 0.15) is 5.56 Å². The van der Waals surface area contributed by atoms with Crippen molar-refractivity contribution in [3.8, 4) is 5.75 Å². The normalized spacial score (nSPS) is 10.7. The van der Waals surface area contributed by atoms with Gasteiger partial charge in [0.1, 0.15) is 5.75 Å². The van der Waals surface area contributed by atoms with E-state index < -0.39 is 0 Å². The van der Waals surface area contributed by atoms with E-state index in [1.807, 2.05) is 0 Å². The van der Waals surface area contributed by atoms with Crippen molar-refractivity contribution in [1.82, 2.24) is 0 Å². The van der Waals surface area contributed by atoms with Crippen molar-refractivity contribution in [2.45, 2.75) is 0 Å². The number of nitrogens with zero attached hydrogens (tertiary/aromatic N) is 1. The molecule has 0 fully saturated rings. The molecule has 1 aromatic rings. The minimum atomic E-state index is 0.435. The molecule has 0 aliphatic heterocycles. The maximum absolute atomic E-state index is 5.86. The van der Waals surface area contributed by atoms with Gasteiger partial charge in [0.2, 0.25) is 0 Å². The van der Waals surface area contributed by atoms with E-state index in [1.165, 1.54) is 13.3 Å². The third kappa shape index (κ3) is 2.26. The van der Waals surface area contributed by atoms with Crippen LogP contribution >= 0.6 is 23.2 Å². The number of methoxy groups -OCH3 is 1. The van der Waals surface area contributed by atoms with Crippen LogP contribution in [0.25, 0.3) is 0 Å². The zero-order valence-corrected chi connectivity index (χ0v) is 8.43. The lowest BCUT2D eigenvalue weighted by atomic mass is 10.2. The second kappa shape index (κ2) is 4.35. The van der Waals surface area contributed by atoms with E-state index in [4.69, 9.17) is 33.8 Å². The van der Waals surface area contributed by atoms with E-state index in [0.717, 1.165) is 0 Å². The molecule has 0 saturated carbocycles. The highest BCUT2D eigenvalue weighted by Crippen LogP contribution is 2.30. The Morgan fingerprint density at radius 3 is 2.69 bits per heavy atom. The van der Waals surface area contributed by atoms with Crippen molar-refractivity contribution in [2.24, 2.45) is 10.9 Å². The Hall–Kier alpha value is -0.930. The van der Waals surface area contributed by atoms with Crippen LogP contribution in [0.3, 0.4) is 0 Å². The molecule has 0 atom stereocenters. The fraction of sp³-hybridized carbons (Fsp3) is 0.125. The fourth-order valence-corrected chi connectivity index (χ4v) is 1.56. The highest BCUT2D eigenvalue weighted by molar-refractivity contribution is 6.36. The molecule has 0 radical (unpaired) electrons. The minimum absolute atomic E-state index is 0.435. The molecular weight excluding hydrogens is 211 g/mol. The average Bonchev–Trinajstić information content (AvgIpc) is 2.04. The second-order valence-corrected chi connectivity index (χ2v) is 3.13. The number of nitrogens with two attached hydrogens (primary N) is 1. The van der Waals surface area contributed by atoms with Crippen molar-refractivity contribution in [1.29, 1.82) is 0 Å². The number of hydrazone groups is 1. The summed E-state index contributed by atoms with van der Waals surface area (Å²) >= 11 is 11.6. The summed E-state index contributed by atoms with van der Waals surface area (Å²) in [4.78, 5) is 0. The summed E-state index contributed by atoms with van der Waals surface area (Å²) in [6.07, 6.45) is 1.43. The summed E-state index contributed by atoms with van der Waals surface area (Å²) in [7, 11) is 1.52. The largest absolute Gasteiger partial charge is 0.495 e. The SMILES string of the molecule is COc1c(Cl)cc(Cl)cc1/C=N/N. The first-order chi connectivity index (χ1) is 6.19. The third-order valence-electron chi connectivity index (χ3n) is 1.45. The molecule has 5 heteroatoms. The Bertz CT molecular complexity index is 339. The molecule has 0 unspecified atom stereocenters. The summed E-state index contributed by atoms with van der Waals surface area (Å²) in [6.45, 7) is 0. The quantitative estimate of drug-likeness (QED) is 0.471. The molecule has 0 bridgehead atoms. The predicted octanol–water partition coefficient (Wildman–Crippen LogP) is 2.29. The maximum Gasteiger partial charge on any atom is 0.146 e. The van der Waals surface area contributed by atoms with Gasteiger partial charge < -0.3 is 10.6 Å². The third-order valence-corrected chi connectivity index (χ3v) is 1.95. The van der Waals surface area contributed by atoms with Crippen LogP contribution in [0.2, 0.25) is 10.0 Å². The molecule has 0 amide bonds. The van der Waals surface area contributed by atoms with E-state index in [2.05, 4.69) is 5.10 Å². The van der Waals surface area contributed by atoms with Crippen LogP contribution in [-0.2, 0) is 0 Å². The number of hydrogen-bond donors (Lipinski definition) is 1. The fourth-order valence-electron chi connectivity index (χ4n) is 0.972. The molecular formula is C8H8Cl2N2O. The maximum atomic E-state index is 5.86. The summed E-state index contributed by atoms with van der Waals surface area (Å²) in [6, 6.07) is 3.26. The Morgan fingerprint density at radius 2 is 2.15 bits per heavy atom. The zero-order valence-electron chi connectivity index (χ0n) is 6.92. The highest BCUT2D eigenvalue weighted by Gasteiger charge is 2.07. The van der Waals surface area contributed by atoms with Gasteiger partial charge in [-0.3, -0.25) is 0 Å². The molecule has 0 aliphatic carbocycles. The molecule has 3 nitrogen and oxygen atoms in total. The van der Waals surface area contributed by atoms with Gasteiger partial charge in [-0.1, -0.05) is 23.2 Å². The first-order valence-electron chi connectivity index (χ1n) is 3.45. The van der Waals surface area contributed by atoms with Crippen LogP contribution in [0, 0.1) is 0 Å². The van der Waals surface area contributed by atoms with Gasteiger partial charge in [0.05, 0.1) is 18.3 Å². The monoisotopic (exact) mass is 218 g/mol. The molecule has 1 aromatic carbocycles. The van der Waals surface area contributed by atoms with E-state index in [9.17, 15) is 0 Å². The van der Waals surface area contributed by atoms with E-state index in [-0.39, 0.29) is 0 Å². The number of hydrogen-bond acceptors (Lipinski definition) is 3. The van der Waals surface area contributed by atoms with E-state index in [1.54, 1.807) is 12.1 Å². The van der Waals surface area contributed by atoms with Gasteiger partial charge in [-0.15, -0.1) is 0 Å².